The lowest BCUT2D eigenvalue weighted by atomic mass is 10.1. The normalized spacial score (nSPS) is 10.5. The van der Waals surface area contributed by atoms with E-state index < -0.39 is 6.09 Å². The average molecular weight is 461 g/mol. The van der Waals surface area contributed by atoms with E-state index in [1.807, 2.05) is 0 Å². The molecular weight excluding hydrogens is 442 g/mol. The number of rotatable bonds is 7. The molecule has 3 aromatic rings. The molecule has 160 valence electrons. The van der Waals surface area contributed by atoms with Crippen LogP contribution in [0.4, 0.5) is 9.18 Å². The van der Waals surface area contributed by atoms with E-state index in [9.17, 15) is 14.0 Å². The highest BCUT2D eigenvalue weighted by atomic mass is 35.5. The molecule has 0 atom stereocenters. The first-order valence-corrected chi connectivity index (χ1v) is 10.1. The van der Waals surface area contributed by atoms with Gasteiger partial charge in [0.25, 0.3) is 5.91 Å². The van der Waals surface area contributed by atoms with Gasteiger partial charge in [0.15, 0.2) is 0 Å². The van der Waals surface area contributed by atoms with Crippen molar-refractivity contribution in [1.29, 1.82) is 0 Å². The van der Waals surface area contributed by atoms with E-state index in [2.05, 4.69) is 5.32 Å². The Labute approximate surface area is 189 Å². The van der Waals surface area contributed by atoms with Crippen LogP contribution >= 0.6 is 23.2 Å². The predicted molar refractivity (Wildman–Crippen MR) is 118 cm³/mol. The maximum Gasteiger partial charge on any atom is 0.404 e. The van der Waals surface area contributed by atoms with Crippen LogP contribution in [0, 0.1) is 5.82 Å². The second-order valence-corrected chi connectivity index (χ2v) is 7.80. The molecule has 0 radical (unpaired) electrons. The monoisotopic (exact) mass is 460 g/mol. The van der Waals surface area contributed by atoms with Gasteiger partial charge in [-0.05, 0) is 59.2 Å². The fourth-order valence-electron chi connectivity index (χ4n) is 3.11. The molecule has 0 heterocycles. The molecule has 3 aromatic carbocycles. The maximum absolute atomic E-state index is 13.3. The molecule has 0 fully saturated rings. The summed E-state index contributed by atoms with van der Waals surface area (Å²) in [5.74, 6) is -0.625. The first-order chi connectivity index (χ1) is 14.8. The van der Waals surface area contributed by atoms with Crippen LogP contribution in [-0.4, -0.2) is 22.0 Å². The Bertz CT molecular complexity index is 1070. The molecule has 5 nitrogen and oxygen atoms in total. The molecule has 0 aliphatic heterocycles. The van der Waals surface area contributed by atoms with E-state index in [0.29, 0.717) is 21.2 Å². The minimum Gasteiger partial charge on any atom is -0.465 e. The van der Waals surface area contributed by atoms with Crippen molar-refractivity contribution in [3.05, 3.63) is 105 Å². The molecule has 0 spiro atoms. The zero-order valence-corrected chi connectivity index (χ0v) is 17.8. The summed E-state index contributed by atoms with van der Waals surface area (Å²) in [4.78, 5) is 25.7. The number of carbonyl (C=O) groups is 2. The van der Waals surface area contributed by atoms with Gasteiger partial charge in [-0.25, -0.2) is 9.18 Å². The van der Waals surface area contributed by atoms with E-state index in [4.69, 9.17) is 28.3 Å². The minimum atomic E-state index is -1.15. The highest BCUT2D eigenvalue weighted by Crippen LogP contribution is 2.22. The van der Waals surface area contributed by atoms with Crippen LogP contribution in [-0.2, 0) is 19.6 Å². The number of carboxylic acid groups (broad SMARTS) is 1. The van der Waals surface area contributed by atoms with Crippen molar-refractivity contribution in [2.75, 3.05) is 0 Å². The molecule has 2 N–H and O–H groups in total. The average Bonchev–Trinajstić information content (AvgIpc) is 2.72. The Morgan fingerprint density at radius 3 is 2.16 bits per heavy atom. The minimum absolute atomic E-state index is 0.0817. The third-order valence-electron chi connectivity index (χ3n) is 4.49. The summed E-state index contributed by atoms with van der Waals surface area (Å²) in [6.07, 6.45) is -1.15. The molecule has 0 aliphatic carbocycles. The fraction of sp³-hybridized carbons (Fsp3) is 0.130. The molecule has 0 saturated carbocycles. The number of hydrogen-bond donors (Lipinski definition) is 2. The number of nitrogens with zero attached hydrogens (tertiary/aromatic N) is 1. The van der Waals surface area contributed by atoms with Crippen LogP contribution in [0.15, 0.2) is 66.7 Å². The SMILES string of the molecule is O=C(O)NCc1cccc(C(=O)N(Cc2ccc(F)cc2)Cc2cc(Cl)cc(Cl)c2)c1. The number of nitrogens with one attached hydrogen (secondary N) is 1. The Balaban J connectivity index is 1.88. The van der Waals surface area contributed by atoms with Gasteiger partial charge >= 0.3 is 6.09 Å². The second kappa shape index (κ2) is 10.3. The lowest BCUT2D eigenvalue weighted by molar-refractivity contribution is 0.0730. The van der Waals surface area contributed by atoms with Crippen molar-refractivity contribution in [1.82, 2.24) is 10.2 Å². The summed E-state index contributed by atoms with van der Waals surface area (Å²) in [7, 11) is 0. The number of hydrogen-bond acceptors (Lipinski definition) is 2. The van der Waals surface area contributed by atoms with Crippen molar-refractivity contribution in [2.24, 2.45) is 0 Å². The fourth-order valence-corrected chi connectivity index (χ4v) is 3.68. The van der Waals surface area contributed by atoms with Crippen molar-refractivity contribution < 1.29 is 19.1 Å². The van der Waals surface area contributed by atoms with Crippen molar-refractivity contribution in [2.45, 2.75) is 19.6 Å². The van der Waals surface area contributed by atoms with E-state index >= 15 is 0 Å². The van der Waals surface area contributed by atoms with Gasteiger partial charge in [0.05, 0.1) is 0 Å². The van der Waals surface area contributed by atoms with E-state index in [-0.39, 0.29) is 31.4 Å². The van der Waals surface area contributed by atoms with Crippen molar-refractivity contribution in [3.8, 4) is 0 Å². The van der Waals surface area contributed by atoms with Crippen molar-refractivity contribution >= 4 is 35.2 Å². The Morgan fingerprint density at radius 2 is 1.52 bits per heavy atom. The number of amides is 2. The van der Waals surface area contributed by atoms with E-state index in [0.717, 1.165) is 11.1 Å². The van der Waals surface area contributed by atoms with Crippen LogP contribution in [0.1, 0.15) is 27.0 Å². The first kappa shape index (κ1) is 22.6. The maximum atomic E-state index is 13.3. The Kier molecular flexibility index (Phi) is 7.50. The summed E-state index contributed by atoms with van der Waals surface area (Å²) in [6, 6.07) is 17.7. The van der Waals surface area contributed by atoms with Gasteiger partial charge in [-0.15, -0.1) is 0 Å². The zero-order valence-electron chi connectivity index (χ0n) is 16.3. The highest BCUT2D eigenvalue weighted by Gasteiger charge is 2.18. The summed E-state index contributed by atoms with van der Waals surface area (Å²) in [5.41, 5.74) is 2.56. The smallest absolute Gasteiger partial charge is 0.404 e. The van der Waals surface area contributed by atoms with Gasteiger partial charge in [-0.3, -0.25) is 4.79 Å². The van der Waals surface area contributed by atoms with E-state index in [1.54, 1.807) is 59.5 Å². The third kappa shape index (κ3) is 6.70. The summed E-state index contributed by atoms with van der Waals surface area (Å²) < 4.78 is 13.3. The van der Waals surface area contributed by atoms with Gasteiger partial charge in [0, 0.05) is 35.2 Å². The summed E-state index contributed by atoms with van der Waals surface area (Å²) in [5, 5.41) is 12.0. The lowest BCUT2D eigenvalue weighted by Gasteiger charge is -2.24. The molecule has 0 aliphatic rings. The molecule has 0 unspecified atom stereocenters. The van der Waals surface area contributed by atoms with Crippen LogP contribution in [0.25, 0.3) is 0 Å². The van der Waals surface area contributed by atoms with Crippen LogP contribution < -0.4 is 5.32 Å². The number of halogens is 3. The predicted octanol–water partition coefficient (Wildman–Crippen LogP) is 5.74. The molecule has 2 amide bonds. The van der Waals surface area contributed by atoms with Gasteiger partial charge in [-0.2, -0.15) is 0 Å². The first-order valence-electron chi connectivity index (χ1n) is 9.34. The van der Waals surface area contributed by atoms with E-state index in [1.165, 1.54) is 12.1 Å². The molecule has 0 saturated heterocycles. The highest BCUT2D eigenvalue weighted by molar-refractivity contribution is 6.34. The molecule has 8 heteroatoms. The van der Waals surface area contributed by atoms with Crippen LogP contribution in [0.5, 0.6) is 0 Å². The standard InChI is InChI=1S/C23H19Cl2FN2O3/c24-19-9-17(10-20(25)11-19)14-28(13-15-4-6-21(26)7-5-15)22(29)18-3-1-2-16(8-18)12-27-23(30)31/h1-11,27H,12-14H2,(H,30,31). The molecule has 31 heavy (non-hydrogen) atoms. The summed E-state index contributed by atoms with van der Waals surface area (Å²) in [6.45, 7) is 0.549. The van der Waals surface area contributed by atoms with Crippen LogP contribution in [0.3, 0.4) is 0 Å². The quantitative estimate of drug-likeness (QED) is 0.471. The van der Waals surface area contributed by atoms with Gasteiger partial charge in [-0.1, -0.05) is 47.5 Å². The summed E-state index contributed by atoms with van der Waals surface area (Å²) >= 11 is 12.2. The van der Waals surface area contributed by atoms with Crippen molar-refractivity contribution in [3.63, 3.8) is 0 Å². The Morgan fingerprint density at radius 1 is 0.871 bits per heavy atom. The van der Waals surface area contributed by atoms with Crippen LogP contribution in [0.2, 0.25) is 10.0 Å². The largest absolute Gasteiger partial charge is 0.465 e. The van der Waals surface area contributed by atoms with Gasteiger partial charge in [0.2, 0.25) is 0 Å². The number of carbonyl (C=O) groups excluding carboxylic acids is 1. The van der Waals surface area contributed by atoms with Gasteiger partial charge < -0.3 is 15.3 Å². The molecule has 3 rings (SSSR count). The second-order valence-electron chi connectivity index (χ2n) is 6.92. The number of benzene rings is 3. The molecule has 0 aromatic heterocycles. The molecular formula is C23H19Cl2FN2O3. The Hall–Kier alpha value is -3.09. The topological polar surface area (TPSA) is 69.6 Å². The van der Waals surface area contributed by atoms with Gasteiger partial charge in [0.1, 0.15) is 5.82 Å². The lowest BCUT2D eigenvalue weighted by Crippen LogP contribution is -2.30. The molecule has 0 bridgehead atoms. The zero-order chi connectivity index (χ0) is 22.4. The third-order valence-corrected chi connectivity index (χ3v) is 4.92.